The Morgan fingerprint density at radius 2 is 1.61 bits per heavy atom. The average Bonchev–Trinajstić information content (AvgIpc) is 3.34. The zero-order valence-corrected chi connectivity index (χ0v) is 25.0. The molecular formula is C33H32N6O5. The van der Waals surface area contributed by atoms with Crippen LogP contribution in [0.1, 0.15) is 47.2 Å². The topological polar surface area (TPSA) is 138 Å². The first-order chi connectivity index (χ1) is 21.0. The summed E-state index contributed by atoms with van der Waals surface area (Å²) < 4.78 is 7.31. The summed E-state index contributed by atoms with van der Waals surface area (Å²) in [4.78, 5) is 45.3. The summed E-state index contributed by atoms with van der Waals surface area (Å²) in [6, 6.07) is 23.0. The lowest BCUT2D eigenvalue weighted by atomic mass is 10.1. The minimum absolute atomic E-state index is 0.100. The number of hydrogen-bond donors (Lipinski definition) is 3. The van der Waals surface area contributed by atoms with Gasteiger partial charge in [0.2, 0.25) is 0 Å². The van der Waals surface area contributed by atoms with Crippen molar-refractivity contribution in [3.05, 3.63) is 95.7 Å². The summed E-state index contributed by atoms with van der Waals surface area (Å²) in [7, 11) is 3.88. The van der Waals surface area contributed by atoms with E-state index in [9.17, 15) is 14.4 Å². The van der Waals surface area contributed by atoms with Crippen LogP contribution in [0.15, 0.2) is 84.0 Å². The van der Waals surface area contributed by atoms with Crippen LogP contribution in [-0.4, -0.2) is 58.6 Å². The number of benzene rings is 3. The third kappa shape index (κ3) is 6.13. The lowest BCUT2D eigenvalue weighted by molar-refractivity contribution is 0.0551. The van der Waals surface area contributed by atoms with Crippen molar-refractivity contribution in [2.24, 2.45) is 5.10 Å². The number of carbonyl (C=O) groups is 3. The van der Waals surface area contributed by atoms with Crippen LogP contribution in [0.5, 0.6) is 0 Å². The zero-order valence-electron chi connectivity index (χ0n) is 25.0. The van der Waals surface area contributed by atoms with Crippen LogP contribution < -0.4 is 15.8 Å². The second-order valence-electron chi connectivity index (χ2n) is 11.3. The van der Waals surface area contributed by atoms with Gasteiger partial charge in [0.1, 0.15) is 11.3 Å². The molecule has 0 atom stereocenters. The number of anilines is 1. The Kier molecular flexibility index (Phi) is 8.15. The highest BCUT2D eigenvalue weighted by molar-refractivity contribution is 6.17. The highest BCUT2D eigenvalue weighted by Crippen LogP contribution is 2.36. The van der Waals surface area contributed by atoms with Crippen LogP contribution in [0.2, 0.25) is 0 Å². The standard InChI is InChI=1S/C33H32N6O5/c1-33(2,3)44-32(42)39-27-9-7-6-8-24(27)25-18-26(35-28(29(25)39)21-14-16-23(17-15-21)38(4)5)31(41)36-34-19-20-10-12-22(13-11-20)30(40)37-43/h6-19,43H,1-5H3,(H,36,41)(H,37,40)/b34-19+. The van der Waals surface area contributed by atoms with Gasteiger partial charge in [-0.3, -0.25) is 14.8 Å². The molecule has 3 N–H and O–H groups in total. The summed E-state index contributed by atoms with van der Waals surface area (Å²) in [5, 5.41) is 14.3. The van der Waals surface area contributed by atoms with E-state index in [1.807, 2.05) is 67.5 Å². The van der Waals surface area contributed by atoms with Crippen molar-refractivity contribution in [3.63, 3.8) is 0 Å². The van der Waals surface area contributed by atoms with Gasteiger partial charge in [0.25, 0.3) is 11.8 Å². The molecule has 2 aromatic heterocycles. The first kappa shape index (κ1) is 29.9. The lowest BCUT2D eigenvalue weighted by Gasteiger charge is -2.21. The van der Waals surface area contributed by atoms with Gasteiger partial charge in [-0.2, -0.15) is 5.10 Å². The van der Waals surface area contributed by atoms with Gasteiger partial charge in [-0.05, 0) is 62.7 Å². The second-order valence-corrected chi connectivity index (χ2v) is 11.3. The maximum Gasteiger partial charge on any atom is 0.419 e. The molecule has 0 aliphatic rings. The van der Waals surface area contributed by atoms with Crippen LogP contribution in [0.3, 0.4) is 0 Å². The molecule has 0 radical (unpaired) electrons. The number of hydroxylamine groups is 1. The highest BCUT2D eigenvalue weighted by atomic mass is 16.6. The molecule has 5 rings (SSSR count). The lowest BCUT2D eigenvalue weighted by Crippen LogP contribution is -2.27. The van der Waals surface area contributed by atoms with Gasteiger partial charge in [0, 0.05) is 41.7 Å². The minimum atomic E-state index is -0.737. The Morgan fingerprint density at radius 3 is 2.25 bits per heavy atom. The second kappa shape index (κ2) is 12.0. The van der Waals surface area contributed by atoms with Gasteiger partial charge in [-0.1, -0.05) is 42.5 Å². The molecule has 3 aromatic carbocycles. The predicted octanol–water partition coefficient (Wildman–Crippen LogP) is 5.59. The Balaban J connectivity index is 1.61. The molecule has 5 aromatic rings. The van der Waals surface area contributed by atoms with E-state index in [0.717, 1.165) is 11.1 Å². The molecule has 0 saturated heterocycles. The van der Waals surface area contributed by atoms with Crippen molar-refractivity contribution in [1.82, 2.24) is 20.5 Å². The molecule has 0 aliphatic heterocycles. The van der Waals surface area contributed by atoms with Gasteiger partial charge in [-0.25, -0.2) is 25.3 Å². The minimum Gasteiger partial charge on any atom is -0.443 e. The fourth-order valence-corrected chi connectivity index (χ4v) is 4.73. The van der Waals surface area contributed by atoms with Crippen molar-refractivity contribution in [2.75, 3.05) is 19.0 Å². The fraction of sp³-hybridized carbons (Fsp3) is 0.182. The van der Waals surface area contributed by atoms with Crippen LogP contribution >= 0.6 is 0 Å². The van der Waals surface area contributed by atoms with Crippen molar-refractivity contribution >= 4 is 51.6 Å². The van der Waals surface area contributed by atoms with Crippen molar-refractivity contribution in [1.29, 1.82) is 0 Å². The maximum absolute atomic E-state index is 13.6. The van der Waals surface area contributed by atoms with Crippen LogP contribution in [0.4, 0.5) is 10.5 Å². The quantitative estimate of drug-likeness (QED) is 0.133. The van der Waals surface area contributed by atoms with Gasteiger partial charge in [-0.15, -0.1) is 0 Å². The Morgan fingerprint density at radius 1 is 0.932 bits per heavy atom. The Bertz CT molecular complexity index is 1900. The number of nitrogens with one attached hydrogen (secondary N) is 2. The predicted molar refractivity (Wildman–Crippen MR) is 169 cm³/mol. The van der Waals surface area contributed by atoms with Gasteiger partial charge in [0.05, 0.1) is 22.9 Å². The van der Waals surface area contributed by atoms with Crippen molar-refractivity contribution in [3.8, 4) is 11.3 Å². The van der Waals surface area contributed by atoms with E-state index < -0.39 is 23.5 Å². The van der Waals surface area contributed by atoms with Gasteiger partial charge in [0.15, 0.2) is 0 Å². The van der Waals surface area contributed by atoms with Gasteiger partial charge >= 0.3 is 6.09 Å². The molecule has 0 fully saturated rings. The van der Waals surface area contributed by atoms with Crippen LogP contribution in [-0.2, 0) is 4.74 Å². The number of ether oxygens (including phenoxy) is 1. The largest absolute Gasteiger partial charge is 0.443 e. The number of fused-ring (bicyclic) bond motifs is 3. The van der Waals surface area contributed by atoms with E-state index in [0.29, 0.717) is 33.2 Å². The molecule has 0 bridgehead atoms. The summed E-state index contributed by atoms with van der Waals surface area (Å²) in [6.07, 6.45) is 0.868. The molecule has 0 aliphatic carbocycles. The molecule has 11 heteroatoms. The number of aromatic nitrogens is 2. The smallest absolute Gasteiger partial charge is 0.419 e. The SMILES string of the molecule is CN(C)c1ccc(-c2nc(C(=O)N/N=C/c3ccc(C(=O)NO)cc3)cc3c4ccccc4n(C(=O)OC(C)(C)C)c23)cc1. The third-order valence-electron chi connectivity index (χ3n) is 6.77. The molecule has 11 nitrogen and oxygen atoms in total. The molecule has 0 unspecified atom stereocenters. The van der Waals surface area contributed by atoms with E-state index in [-0.39, 0.29) is 11.3 Å². The summed E-state index contributed by atoms with van der Waals surface area (Å²) >= 11 is 0. The summed E-state index contributed by atoms with van der Waals surface area (Å²) in [5.41, 5.74) is 7.60. The van der Waals surface area contributed by atoms with E-state index in [1.54, 1.807) is 44.5 Å². The molecular weight excluding hydrogens is 560 g/mol. The van der Waals surface area contributed by atoms with Gasteiger partial charge < -0.3 is 9.64 Å². The number of rotatable bonds is 6. The number of para-hydroxylation sites is 1. The summed E-state index contributed by atoms with van der Waals surface area (Å²) in [5.74, 6) is -1.19. The molecule has 44 heavy (non-hydrogen) atoms. The monoisotopic (exact) mass is 592 g/mol. The van der Waals surface area contributed by atoms with Crippen LogP contribution in [0.25, 0.3) is 33.1 Å². The molecule has 0 spiro atoms. The average molecular weight is 593 g/mol. The molecule has 2 heterocycles. The Labute approximate surface area is 253 Å². The Hall–Kier alpha value is -5.55. The zero-order chi connectivity index (χ0) is 31.6. The molecule has 224 valence electrons. The van der Waals surface area contributed by atoms with Crippen molar-refractivity contribution < 1.29 is 24.3 Å². The highest BCUT2D eigenvalue weighted by Gasteiger charge is 2.26. The molecule has 0 saturated carbocycles. The van der Waals surface area contributed by atoms with E-state index in [4.69, 9.17) is 14.9 Å². The number of nitrogens with zero attached hydrogens (tertiary/aromatic N) is 4. The molecule has 2 amide bonds. The van der Waals surface area contributed by atoms with Crippen LogP contribution in [0, 0.1) is 0 Å². The first-order valence-electron chi connectivity index (χ1n) is 13.8. The van der Waals surface area contributed by atoms with E-state index >= 15 is 0 Å². The maximum atomic E-state index is 13.6. The van der Waals surface area contributed by atoms with E-state index in [2.05, 4.69) is 10.5 Å². The number of amides is 2. The fourth-order valence-electron chi connectivity index (χ4n) is 4.73. The number of hydrogen-bond acceptors (Lipinski definition) is 8. The number of pyridine rings is 1. The van der Waals surface area contributed by atoms with Crippen molar-refractivity contribution in [2.45, 2.75) is 26.4 Å². The first-order valence-corrected chi connectivity index (χ1v) is 13.8. The normalized spacial score (nSPS) is 11.6. The van der Waals surface area contributed by atoms with E-state index in [1.165, 1.54) is 22.9 Å². The third-order valence-corrected chi connectivity index (χ3v) is 6.77. The number of carbonyl (C=O) groups excluding carboxylic acids is 3. The summed E-state index contributed by atoms with van der Waals surface area (Å²) in [6.45, 7) is 5.42. The number of hydrazone groups is 1.